The van der Waals surface area contributed by atoms with Gasteiger partial charge in [0, 0.05) is 34.3 Å². The van der Waals surface area contributed by atoms with Crippen molar-refractivity contribution in [2.75, 3.05) is 5.75 Å². The first-order valence-electron chi connectivity index (χ1n) is 9.70. The molecule has 2 atom stereocenters. The number of H-pyrrole nitrogens is 1. The smallest absolute Gasteiger partial charge is 0.123 e. The van der Waals surface area contributed by atoms with Crippen molar-refractivity contribution in [2.24, 2.45) is 0 Å². The van der Waals surface area contributed by atoms with E-state index in [1.54, 1.807) is 24.5 Å². The van der Waals surface area contributed by atoms with E-state index in [0.29, 0.717) is 17.1 Å². The molecule has 150 valence electrons. The number of nitrogens with zero attached hydrogens (tertiary/aromatic N) is 1. The number of hydrogen-bond acceptors (Lipinski definition) is 3. The lowest BCUT2D eigenvalue weighted by Gasteiger charge is -2.21. The molecule has 1 aliphatic rings. The highest BCUT2D eigenvalue weighted by Crippen LogP contribution is 2.38. The Bertz CT molecular complexity index is 1240. The molecule has 2 N–H and O–H groups in total. The molecule has 0 saturated carbocycles. The summed E-state index contributed by atoms with van der Waals surface area (Å²) in [6.07, 6.45) is 3.36. The highest BCUT2D eigenvalue weighted by molar-refractivity contribution is 7.85. The average molecular weight is 418 g/mol. The van der Waals surface area contributed by atoms with E-state index in [2.05, 4.69) is 9.97 Å². The molecule has 0 aliphatic carbocycles. The van der Waals surface area contributed by atoms with Gasteiger partial charge in [-0.15, -0.1) is 0 Å². The Labute approximate surface area is 175 Å². The lowest BCUT2D eigenvalue weighted by molar-refractivity contribution is 0.169. The number of fused-ring (bicyclic) bond motifs is 1. The Morgan fingerprint density at radius 3 is 2.47 bits per heavy atom. The summed E-state index contributed by atoms with van der Waals surface area (Å²) >= 11 is 0. The van der Waals surface area contributed by atoms with Crippen molar-refractivity contribution < 1.29 is 13.7 Å². The third-order valence-electron chi connectivity index (χ3n) is 5.44. The number of nitrogens with one attached hydrogen (secondary N) is 1. The van der Waals surface area contributed by atoms with Crippen molar-refractivity contribution in [2.45, 2.75) is 17.4 Å². The molecule has 2 unspecified atom stereocenters. The van der Waals surface area contributed by atoms with E-state index in [9.17, 15) is 13.7 Å². The number of aromatic nitrogens is 2. The van der Waals surface area contributed by atoms with Crippen LogP contribution in [0.1, 0.15) is 18.1 Å². The SMILES string of the molecule is O=S1CCC(O)c2cc(-c3cc(-c4ccncc4)c(-c4ccc(F)cc4)[nH]3)ccc21. The molecule has 30 heavy (non-hydrogen) atoms. The highest BCUT2D eigenvalue weighted by atomic mass is 32.2. The van der Waals surface area contributed by atoms with Crippen LogP contribution in [0.25, 0.3) is 33.6 Å². The van der Waals surface area contributed by atoms with Crippen LogP contribution in [0.3, 0.4) is 0 Å². The van der Waals surface area contributed by atoms with Crippen LogP contribution < -0.4 is 0 Å². The zero-order valence-electron chi connectivity index (χ0n) is 16.0. The molecular formula is C24H19FN2O2S. The van der Waals surface area contributed by atoms with Crippen LogP contribution in [0.15, 0.2) is 78.0 Å². The van der Waals surface area contributed by atoms with Crippen LogP contribution in [-0.2, 0) is 10.8 Å². The molecule has 0 amide bonds. The minimum Gasteiger partial charge on any atom is -0.388 e. The van der Waals surface area contributed by atoms with Crippen LogP contribution in [0.4, 0.5) is 4.39 Å². The van der Waals surface area contributed by atoms with Gasteiger partial charge < -0.3 is 10.1 Å². The summed E-state index contributed by atoms with van der Waals surface area (Å²) in [5.74, 6) is 0.198. The Kier molecular flexibility index (Phi) is 4.81. The maximum Gasteiger partial charge on any atom is 0.123 e. The number of hydrogen-bond donors (Lipinski definition) is 2. The maximum atomic E-state index is 13.5. The first-order chi connectivity index (χ1) is 14.6. The molecule has 4 nitrogen and oxygen atoms in total. The summed E-state index contributed by atoms with van der Waals surface area (Å²) in [7, 11) is -1.07. The van der Waals surface area contributed by atoms with E-state index in [0.717, 1.165) is 39.2 Å². The fourth-order valence-electron chi connectivity index (χ4n) is 3.88. The molecule has 0 radical (unpaired) electrons. The summed E-state index contributed by atoms with van der Waals surface area (Å²) in [6.45, 7) is 0. The molecule has 0 bridgehead atoms. The van der Waals surface area contributed by atoms with Crippen molar-refractivity contribution >= 4 is 10.8 Å². The Balaban J connectivity index is 1.66. The van der Waals surface area contributed by atoms with Crippen molar-refractivity contribution in [3.8, 4) is 33.6 Å². The molecule has 6 heteroatoms. The van der Waals surface area contributed by atoms with Gasteiger partial charge in [0.2, 0.25) is 0 Å². The predicted molar refractivity (Wildman–Crippen MR) is 116 cm³/mol. The molecule has 4 aromatic rings. The topological polar surface area (TPSA) is 66.0 Å². The fraction of sp³-hybridized carbons (Fsp3) is 0.125. The van der Waals surface area contributed by atoms with Crippen molar-refractivity contribution in [3.05, 3.63) is 84.4 Å². The molecular weight excluding hydrogens is 399 g/mol. The number of aliphatic hydroxyl groups is 1. The van der Waals surface area contributed by atoms with E-state index >= 15 is 0 Å². The van der Waals surface area contributed by atoms with Gasteiger partial charge in [-0.05, 0) is 83.3 Å². The zero-order valence-corrected chi connectivity index (χ0v) is 16.8. The lowest BCUT2D eigenvalue weighted by Crippen LogP contribution is -2.15. The quantitative estimate of drug-likeness (QED) is 0.487. The standard InChI is InChI=1S/C24H19FN2O2S/c25-18-4-1-16(2-5-18)24-19(15-7-10-26-11-8-15)14-21(27-24)17-3-6-23-20(13-17)22(28)9-12-30(23)29/h1-8,10-11,13-14,22,27-28H,9,12H2. The Hall–Kier alpha value is -3.09. The first-order valence-corrected chi connectivity index (χ1v) is 11.0. The van der Waals surface area contributed by atoms with Crippen LogP contribution in [-0.4, -0.2) is 25.0 Å². The number of benzene rings is 2. The van der Waals surface area contributed by atoms with E-state index in [4.69, 9.17) is 0 Å². The summed E-state index contributed by atoms with van der Waals surface area (Å²) in [5.41, 5.74) is 6.20. The number of halogens is 1. The Morgan fingerprint density at radius 1 is 0.967 bits per heavy atom. The second-order valence-electron chi connectivity index (χ2n) is 7.32. The van der Waals surface area contributed by atoms with Gasteiger partial charge in [0.1, 0.15) is 5.82 Å². The fourth-order valence-corrected chi connectivity index (χ4v) is 5.22. The van der Waals surface area contributed by atoms with E-state index in [1.165, 1.54) is 12.1 Å². The third kappa shape index (κ3) is 3.38. The van der Waals surface area contributed by atoms with Gasteiger partial charge in [-0.1, -0.05) is 6.07 Å². The van der Waals surface area contributed by atoms with Crippen LogP contribution in [0, 0.1) is 5.82 Å². The van der Waals surface area contributed by atoms with Crippen LogP contribution in [0.2, 0.25) is 0 Å². The first kappa shape index (κ1) is 18.9. The van der Waals surface area contributed by atoms with E-state index in [-0.39, 0.29) is 5.82 Å². The van der Waals surface area contributed by atoms with Crippen LogP contribution >= 0.6 is 0 Å². The molecule has 2 aromatic carbocycles. The minimum atomic E-state index is -1.07. The second-order valence-corrected chi connectivity index (χ2v) is 8.86. The monoisotopic (exact) mass is 418 g/mol. The lowest BCUT2D eigenvalue weighted by atomic mass is 10.0. The molecule has 0 spiro atoms. The van der Waals surface area contributed by atoms with Gasteiger partial charge in [0.25, 0.3) is 0 Å². The number of aliphatic hydroxyl groups excluding tert-OH is 1. The summed E-state index contributed by atoms with van der Waals surface area (Å²) in [5, 5.41) is 10.4. The van der Waals surface area contributed by atoms with Crippen molar-refractivity contribution in [3.63, 3.8) is 0 Å². The zero-order chi connectivity index (χ0) is 20.7. The summed E-state index contributed by atoms with van der Waals surface area (Å²) in [6, 6.07) is 18.0. The predicted octanol–water partition coefficient (Wildman–Crippen LogP) is 5.09. The maximum absolute atomic E-state index is 13.5. The molecule has 2 aromatic heterocycles. The largest absolute Gasteiger partial charge is 0.388 e. The minimum absolute atomic E-state index is 0.285. The highest BCUT2D eigenvalue weighted by Gasteiger charge is 2.24. The molecule has 3 heterocycles. The molecule has 5 rings (SSSR count). The van der Waals surface area contributed by atoms with Gasteiger partial charge in [0.15, 0.2) is 0 Å². The molecule has 1 aliphatic heterocycles. The normalized spacial score (nSPS) is 18.2. The summed E-state index contributed by atoms with van der Waals surface area (Å²) < 4.78 is 25.7. The molecule has 0 fully saturated rings. The van der Waals surface area contributed by atoms with Gasteiger partial charge in [0.05, 0.1) is 22.6 Å². The van der Waals surface area contributed by atoms with E-state index < -0.39 is 16.9 Å². The van der Waals surface area contributed by atoms with Crippen molar-refractivity contribution in [1.29, 1.82) is 0 Å². The number of rotatable bonds is 3. The van der Waals surface area contributed by atoms with Crippen LogP contribution in [0.5, 0.6) is 0 Å². The van der Waals surface area contributed by atoms with Gasteiger partial charge in [-0.25, -0.2) is 4.39 Å². The van der Waals surface area contributed by atoms with Gasteiger partial charge in [-0.2, -0.15) is 0 Å². The Morgan fingerprint density at radius 2 is 1.70 bits per heavy atom. The van der Waals surface area contributed by atoms with Crippen molar-refractivity contribution in [1.82, 2.24) is 9.97 Å². The third-order valence-corrected chi connectivity index (χ3v) is 6.91. The van der Waals surface area contributed by atoms with E-state index in [1.807, 2.05) is 36.4 Å². The summed E-state index contributed by atoms with van der Waals surface area (Å²) in [4.78, 5) is 8.27. The average Bonchev–Trinajstić information content (AvgIpc) is 3.23. The number of pyridine rings is 1. The molecule has 0 saturated heterocycles. The van der Waals surface area contributed by atoms with Gasteiger partial charge in [-0.3, -0.25) is 9.19 Å². The van der Waals surface area contributed by atoms with Gasteiger partial charge >= 0.3 is 0 Å². The number of aromatic amines is 1. The second kappa shape index (κ2) is 7.63.